The lowest BCUT2D eigenvalue weighted by Crippen LogP contribution is -2.01. The Morgan fingerprint density at radius 1 is 1.36 bits per heavy atom. The number of rotatable bonds is 1. The Morgan fingerprint density at radius 3 is 2.79 bits per heavy atom. The van der Waals surface area contributed by atoms with Crippen molar-refractivity contribution < 1.29 is 9.90 Å². The van der Waals surface area contributed by atoms with E-state index in [9.17, 15) is 4.79 Å². The maximum absolute atomic E-state index is 10.9. The van der Waals surface area contributed by atoms with E-state index in [1.165, 1.54) is 6.07 Å². The van der Waals surface area contributed by atoms with Crippen LogP contribution in [-0.4, -0.2) is 16.1 Å². The molecular weight excluding hydrogens is 180 g/mol. The molecule has 0 fully saturated rings. The summed E-state index contributed by atoms with van der Waals surface area (Å²) in [5, 5.41) is 9.53. The van der Waals surface area contributed by atoms with Crippen LogP contribution in [0.15, 0.2) is 30.3 Å². The second kappa shape index (κ2) is 2.99. The van der Waals surface area contributed by atoms with Gasteiger partial charge in [-0.15, -0.1) is 0 Å². The normalized spacial score (nSPS) is 10.3. The molecule has 14 heavy (non-hydrogen) atoms. The molecule has 2 rings (SSSR count). The molecule has 0 atom stereocenters. The zero-order valence-corrected chi connectivity index (χ0v) is 7.27. The minimum atomic E-state index is -0.990. The molecule has 0 saturated carbocycles. The molecule has 4 heteroatoms. The summed E-state index contributed by atoms with van der Waals surface area (Å²) in [6.45, 7) is 0. The molecule has 0 aliphatic rings. The van der Waals surface area contributed by atoms with E-state index in [-0.39, 0.29) is 11.4 Å². The molecule has 0 spiro atoms. The molecule has 0 aliphatic carbocycles. The Bertz CT molecular complexity index is 508. The third kappa shape index (κ3) is 1.26. The van der Waals surface area contributed by atoms with E-state index < -0.39 is 5.97 Å². The molecule has 1 aromatic carbocycles. The van der Waals surface area contributed by atoms with Gasteiger partial charge >= 0.3 is 5.97 Å². The van der Waals surface area contributed by atoms with Gasteiger partial charge in [-0.25, -0.2) is 9.78 Å². The molecule has 70 valence electrons. The Labute approximate surface area is 80.0 Å². The number of nitrogen functional groups attached to an aromatic ring is 1. The van der Waals surface area contributed by atoms with Gasteiger partial charge in [-0.05, 0) is 12.1 Å². The van der Waals surface area contributed by atoms with E-state index in [0.29, 0.717) is 10.9 Å². The lowest BCUT2D eigenvalue weighted by Gasteiger charge is -2.02. The minimum Gasteiger partial charge on any atom is -0.478 e. The third-order valence-corrected chi connectivity index (χ3v) is 1.97. The van der Waals surface area contributed by atoms with Gasteiger partial charge in [-0.1, -0.05) is 18.2 Å². The van der Waals surface area contributed by atoms with Gasteiger partial charge in [-0.2, -0.15) is 0 Å². The molecule has 1 heterocycles. The highest BCUT2D eigenvalue weighted by Gasteiger charge is 2.09. The van der Waals surface area contributed by atoms with Crippen LogP contribution in [0, 0.1) is 0 Å². The highest BCUT2D eigenvalue weighted by Crippen LogP contribution is 2.18. The number of carbonyl (C=O) groups is 1. The predicted octanol–water partition coefficient (Wildman–Crippen LogP) is 1.52. The van der Waals surface area contributed by atoms with Crippen LogP contribution in [0.5, 0.6) is 0 Å². The van der Waals surface area contributed by atoms with Gasteiger partial charge in [0, 0.05) is 5.39 Å². The first-order valence-electron chi connectivity index (χ1n) is 4.07. The minimum absolute atomic E-state index is 0.188. The third-order valence-electron chi connectivity index (χ3n) is 1.97. The van der Waals surface area contributed by atoms with E-state index in [1.54, 1.807) is 24.3 Å². The number of anilines is 1. The second-order valence-electron chi connectivity index (χ2n) is 2.92. The summed E-state index contributed by atoms with van der Waals surface area (Å²) >= 11 is 0. The van der Waals surface area contributed by atoms with Gasteiger partial charge < -0.3 is 10.8 Å². The number of pyridine rings is 1. The quantitative estimate of drug-likeness (QED) is 0.711. The Kier molecular flexibility index (Phi) is 1.81. The molecule has 2 aromatic rings. The Balaban J connectivity index is 2.87. The molecule has 0 saturated heterocycles. The van der Waals surface area contributed by atoms with Crippen LogP contribution < -0.4 is 5.73 Å². The molecule has 0 radical (unpaired) electrons. The number of carboxylic acids is 1. The van der Waals surface area contributed by atoms with Crippen molar-refractivity contribution in [2.45, 2.75) is 0 Å². The van der Waals surface area contributed by atoms with Crippen LogP contribution in [0.4, 0.5) is 5.82 Å². The number of aromatic nitrogens is 1. The average molecular weight is 188 g/mol. The zero-order valence-electron chi connectivity index (χ0n) is 7.27. The topological polar surface area (TPSA) is 76.2 Å². The first-order chi connectivity index (χ1) is 6.68. The number of para-hydroxylation sites is 1. The van der Waals surface area contributed by atoms with Crippen LogP contribution in [0.2, 0.25) is 0 Å². The number of carboxylic acid groups (broad SMARTS) is 1. The van der Waals surface area contributed by atoms with Gasteiger partial charge in [0.1, 0.15) is 5.82 Å². The van der Waals surface area contributed by atoms with E-state index >= 15 is 0 Å². The summed E-state index contributed by atoms with van der Waals surface area (Å²) in [4.78, 5) is 14.9. The Hall–Kier alpha value is -2.10. The number of hydrogen-bond donors (Lipinski definition) is 2. The largest absolute Gasteiger partial charge is 0.478 e. The molecule has 0 bridgehead atoms. The number of nitrogens with zero attached hydrogens (tertiary/aromatic N) is 1. The van der Waals surface area contributed by atoms with Crippen molar-refractivity contribution in [2.24, 2.45) is 0 Å². The summed E-state index contributed by atoms with van der Waals surface area (Å²) in [5.74, 6) is -0.767. The summed E-state index contributed by atoms with van der Waals surface area (Å²) in [5.41, 5.74) is 6.28. The van der Waals surface area contributed by atoms with E-state index in [1.807, 2.05) is 0 Å². The molecule has 0 amide bonds. The summed E-state index contributed by atoms with van der Waals surface area (Å²) in [6.07, 6.45) is 0. The highest BCUT2D eigenvalue weighted by molar-refractivity contribution is 6.03. The zero-order chi connectivity index (χ0) is 10.1. The van der Waals surface area contributed by atoms with Gasteiger partial charge in [0.2, 0.25) is 0 Å². The lowest BCUT2D eigenvalue weighted by atomic mass is 10.1. The standard InChI is InChI=1S/C10H8N2O2/c11-9-5-7(10(13)14)6-3-1-2-4-8(6)12-9/h1-5H,(H2,11,12)(H,13,14). The van der Waals surface area contributed by atoms with E-state index in [2.05, 4.69) is 4.98 Å². The van der Waals surface area contributed by atoms with Gasteiger partial charge in [-0.3, -0.25) is 0 Å². The molecule has 1 aromatic heterocycles. The number of nitrogens with two attached hydrogens (primary N) is 1. The molecule has 3 N–H and O–H groups in total. The van der Waals surface area contributed by atoms with Crippen LogP contribution in [0.25, 0.3) is 10.9 Å². The van der Waals surface area contributed by atoms with E-state index in [0.717, 1.165) is 0 Å². The number of hydrogen-bond acceptors (Lipinski definition) is 3. The second-order valence-corrected chi connectivity index (χ2v) is 2.92. The smallest absolute Gasteiger partial charge is 0.336 e. The van der Waals surface area contributed by atoms with Crippen molar-refractivity contribution in [1.82, 2.24) is 4.98 Å². The van der Waals surface area contributed by atoms with Crippen LogP contribution in [-0.2, 0) is 0 Å². The van der Waals surface area contributed by atoms with Crippen molar-refractivity contribution in [3.05, 3.63) is 35.9 Å². The first kappa shape index (κ1) is 8.50. The van der Waals surface area contributed by atoms with E-state index in [4.69, 9.17) is 10.8 Å². The van der Waals surface area contributed by atoms with Crippen molar-refractivity contribution >= 4 is 22.7 Å². The number of aromatic carboxylic acids is 1. The maximum atomic E-state index is 10.9. The maximum Gasteiger partial charge on any atom is 0.336 e. The van der Waals surface area contributed by atoms with Crippen molar-refractivity contribution in [2.75, 3.05) is 5.73 Å². The molecular formula is C10H8N2O2. The fourth-order valence-electron chi connectivity index (χ4n) is 1.37. The van der Waals surface area contributed by atoms with Gasteiger partial charge in [0.25, 0.3) is 0 Å². The van der Waals surface area contributed by atoms with Crippen molar-refractivity contribution in [3.63, 3.8) is 0 Å². The molecule has 4 nitrogen and oxygen atoms in total. The fourth-order valence-corrected chi connectivity index (χ4v) is 1.37. The fraction of sp³-hybridized carbons (Fsp3) is 0. The molecule has 0 aliphatic heterocycles. The summed E-state index contributed by atoms with van der Waals surface area (Å²) < 4.78 is 0. The number of benzene rings is 1. The number of fused-ring (bicyclic) bond motifs is 1. The Morgan fingerprint density at radius 2 is 2.07 bits per heavy atom. The molecule has 0 unspecified atom stereocenters. The first-order valence-corrected chi connectivity index (χ1v) is 4.07. The van der Waals surface area contributed by atoms with Gasteiger partial charge in [0.05, 0.1) is 11.1 Å². The predicted molar refractivity (Wildman–Crippen MR) is 53.1 cm³/mol. The monoisotopic (exact) mass is 188 g/mol. The van der Waals surface area contributed by atoms with Crippen LogP contribution in [0.3, 0.4) is 0 Å². The van der Waals surface area contributed by atoms with Crippen LogP contribution in [0.1, 0.15) is 10.4 Å². The summed E-state index contributed by atoms with van der Waals surface area (Å²) in [7, 11) is 0. The van der Waals surface area contributed by atoms with Crippen LogP contribution >= 0.6 is 0 Å². The SMILES string of the molecule is Nc1cc(C(=O)O)c2ccccc2n1. The average Bonchev–Trinajstić information content (AvgIpc) is 2.16. The van der Waals surface area contributed by atoms with Crippen molar-refractivity contribution in [1.29, 1.82) is 0 Å². The van der Waals surface area contributed by atoms with Gasteiger partial charge in [0.15, 0.2) is 0 Å². The lowest BCUT2D eigenvalue weighted by molar-refractivity contribution is 0.0699. The summed E-state index contributed by atoms with van der Waals surface area (Å²) in [6, 6.07) is 8.38. The highest BCUT2D eigenvalue weighted by atomic mass is 16.4. The van der Waals surface area contributed by atoms with Crippen molar-refractivity contribution in [3.8, 4) is 0 Å².